The molecule has 0 aromatic heterocycles. The van der Waals surface area contributed by atoms with Gasteiger partial charge in [0.05, 0.1) is 0 Å². The minimum Gasteiger partial charge on any atom is -0.490 e. The van der Waals surface area contributed by atoms with Crippen LogP contribution in [0.4, 0.5) is 11.4 Å². The Kier molecular flexibility index (Phi) is 5.38. The van der Waals surface area contributed by atoms with Crippen molar-refractivity contribution in [2.24, 2.45) is 0 Å². The quantitative estimate of drug-likeness (QED) is 0.615. The fraction of sp³-hybridized carbons (Fsp3) is 0.231. The predicted molar refractivity (Wildman–Crippen MR) is 125 cm³/mol. The van der Waals surface area contributed by atoms with E-state index in [0.717, 1.165) is 23.3 Å². The van der Waals surface area contributed by atoms with Crippen LogP contribution in [0.5, 0.6) is 17.2 Å². The zero-order valence-electron chi connectivity index (χ0n) is 18.4. The first-order valence-corrected chi connectivity index (χ1v) is 10.9. The molecule has 0 spiro atoms. The summed E-state index contributed by atoms with van der Waals surface area (Å²) in [7, 11) is 0. The Hall–Kier alpha value is -4.00. The van der Waals surface area contributed by atoms with Gasteiger partial charge in [0.1, 0.15) is 25.1 Å². The Labute approximate surface area is 191 Å². The van der Waals surface area contributed by atoms with Crippen LogP contribution < -0.4 is 24.8 Å². The molecule has 0 radical (unpaired) electrons. The van der Waals surface area contributed by atoms with Crippen LogP contribution in [-0.4, -0.2) is 31.1 Å². The maximum Gasteiger partial charge on any atom is 0.255 e. The minimum absolute atomic E-state index is 0.120. The first-order chi connectivity index (χ1) is 16.0. The average Bonchev–Trinajstić information content (AvgIpc) is 3.20. The summed E-state index contributed by atoms with van der Waals surface area (Å²) in [4.78, 5) is 25.6. The molecule has 2 amide bonds. The molecule has 7 nitrogen and oxygen atoms in total. The summed E-state index contributed by atoms with van der Waals surface area (Å²) >= 11 is 0. The zero-order valence-corrected chi connectivity index (χ0v) is 18.4. The van der Waals surface area contributed by atoms with Gasteiger partial charge in [-0.1, -0.05) is 6.07 Å². The standard InChI is InChI=1S/C26H24N2O5/c1-15-3-6-20(27-25(29)18-5-8-23-24(13-18)32-10-9-31-23)14-21(15)28-26(30)17-4-7-22-19(12-17)11-16(2)33-22/h3-8,12-14,16H,9-11H2,1-2H3,(H,27,29)(H,28,30). The van der Waals surface area contributed by atoms with Crippen LogP contribution in [-0.2, 0) is 6.42 Å². The maximum absolute atomic E-state index is 12.9. The molecule has 0 fully saturated rings. The SMILES string of the molecule is Cc1ccc(NC(=O)c2ccc3c(c2)OCCO3)cc1NC(=O)c1ccc2c(c1)CC(C)O2. The third-order valence-corrected chi connectivity index (χ3v) is 5.71. The van der Waals surface area contributed by atoms with Gasteiger partial charge >= 0.3 is 0 Å². The lowest BCUT2D eigenvalue weighted by Crippen LogP contribution is -2.17. The highest BCUT2D eigenvalue weighted by Crippen LogP contribution is 2.32. The number of carbonyl (C=O) groups is 2. The Morgan fingerprint density at radius 2 is 1.52 bits per heavy atom. The molecule has 2 aliphatic heterocycles. The summed E-state index contributed by atoms with van der Waals surface area (Å²) in [6, 6.07) is 16.0. The molecular formula is C26H24N2O5. The van der Waals surface area contributed by atoms with Crippen molar-refractivity contribution in [3.05, 3.63) is 76.9 Å². The van der Waals surface area contributed by atoms with Crippen molar-refractivity contribution in [3.8, 4) is 17.2 Å². The Morgan fingerprint density at radius 3 is 2.33 bits per heavy atom. The Bertz CT molecular complexity index is 1250. The minimum atomic E-state index is -0.277. The molecule has 1 unspecified atom stereocenters. The molecule has 2 aliphatic rings. The molecule has 0 saturated carbocycles. The second-order valence-corrected chi connectivity index (χ2v) is 8.25. The van der Waals surface area contributed by atoms with Crippen LogP contribution in [0.2, 0.25) is 0 Å². The molecule has 0 saturated heterocycles. The van der Waals surface area contributed by atoms with Crippen molar-refractivity contribution in [3.63, 3.8) is 0 Å². The number of rotatable bonds is 4. The molecule has 2 heterocycles. The smallest absolute Gasteiger partial charge is 0.255 e. The van der Waals surface area contributed by atoms with E-state index in [1.165, 1.54) is 0 Å². The fourth-order valence-corrected chi connectivity index (χ4v) is 3.98. The van der Waals surface area contributed by atoms with E-state index < -0.39 is 0 Å². The van der Waals surface area contributed by atoms with Crippen molar-refractivity contribution in [2.75, 3.05) is 23.8 Å². The van der Waals surface area contributed by atoms with Gasteiger partial charge in [0.25, 0.3) is 11.8 Å². The second kappa shape index (κ2) is 8.50. The molecular weight excluding hydrogens is 420 g/mol. The Balaban J connectivity index is 1.31. The number of fused-ring (bicyclic) bond motifs is 2. The van der Waals surface area contributed by atoms with Crippen molar-refractivity contribution >= 4 is 23.2 Å². The van der Waals surface area contributed by atoms with Gasteiger partial charge in [-0.25, -0.2) is 0 Å². The average molecular weight is 444 g/mol. The summed E-state index contributed by atoms with van der Waals surface area (Å²) in [5.41, 5.74) is 4.15. The largest absolute Gasteiger partial charge is 0.490 e. The van der Waals surface area contributed by atoms with Gasteiger partial charge < -0.3 is 24.8 Å². The van der Waals surface area contributed by atoms with Gasteiger partial charge in [0.15, 0.2) is 11.5 Å². The molecule has 2 N–H and O–H groups in total. The van der Waals surface area contributed by atoms with Gasteiger partial charge in [-0.15, -0.1) is 0 Å². The van der Waals surface area contributed by atoms with Gasteiger partial charge in [-0.2, -0.15) is 0 Å². The van der Waals surface area contributed by atoms with E-state index in [-0.39, 0.29) is 17.9 Å². The number of nitrogens with one attached hydrogen (secondary N) is 2. The van der Waals surface area contributed by atoms with Gasteiger partial charge in [0.2, 0.25) is 0 Å². The van der Waals surface area contributed by atoms with Crippen LogP contribution in [0, 0.1) is 6.92 Å². The topological polar surface area (TPSA) is 85.9 Å². The van der Waals surface area contributed by atoms with Crippen LogP contribution in [0.15, 0.2) is 54.6 Å². The summed E-state index contributed by atoms with van der Waals surface area (Å²) in [6.07, 6.45) is 0.909. The highest BCUT2D eigenvalue weighted by Gasteiger charge is 2.21. The molecule has 3 aromatic carbocycles. The van der Waals surface area contributed by atoms with E-state index in [0.29, 0.717) is 47.2 Å². The number of hydrogen-bond donors (Lipinski definition) is 2. The van der Waals surface area contributed by atoms with Gasteiger partial charge in [-0.3, -0.25) is 9.59 Å². The first kappa shape index (κ1) is 20.9. The van der Waals surface area contributed by atoms with E-state index in [4.69, 9.17) is 14.2 Å². The summed E-state index contributed by atoms with van der Waals surface area (Å²) < 4.78 is 16.8. The molecule has 33 heavy (non-hydrogen) atoms. The lowest BCUT2D eigenvalue weighted by Gasteiger charge is -2.18. The number of carbonyl (C=O) groups excluding carboxylic acids is 2. The number of anilines is 2. The number of amides is 2. The number of ether oxygens (including phenoxy) is 3. The molecule has 5 rings (SSSR count). The van der Waals surface area contributed by atoms with E-state index >= 15 is 0 Å². The van der Waals surface area contributed by atoms with E-state index in [9.17, 15) is 9.59 Å². The van der Waals surface area contributed by atoms with Crippen molar-refractivity contribution in [2.45, 2.75) is 26.4 Å². The predicted octanol–water partition coefficient (Wildman–Crippen LogP) is 4.59. The van der Waals surface area contributed by atoms with Crippen LogP contribution >= 0.6 is 0 Å². The number of benzene rings is 3. The van der Waals surface area contributed by atoms with E-state index in [1.807, 2.05) is 32.0 Å². The van der Waals surface area contributed by atoms with Crippen molar-refractivity contribution < 1.29 is 23.8 Å². The number of hydrogen-bond acceptors (Lipinski definition) is 5. The maximum atomic E-state index is 12.9. The number of aryl methyl sites for hydroxylation is 1. The molecule has 1 atom stereocenters. The van der Waals surface area contributed by atoms with E-state index in [1.54, 1.807) is 36.4 Å². The van der Waals surface area contributed by atoms with E-state index in [2.05, 4.69) is 10.6 Å². The summed E-state index contributed by atoms with van der Waals surface area (Å²) in [6.45, 7) is 4.86. The van der Waals surface area contributed by atoms with Crippen molar-refractivity contribution in [1.29, 1.82) is 0 Å². The highest BCUT2D eigenvalue weighted by molar-refractivity contribution is 6.07. The van der Waals surface area contributed by atoms with Crippen LogP contribution in [0.1, 0.15) is 38.8 Å². The normalized spacial score (nSPS) is 15.9. The third kappa shape index (κ3) is 4.35. The molecule has 0 bridgehead atoms. The lowest BCUT2D eigenvalue weighted by atomic mass is 10.1. The van der Waals surface area contributed by atoms with Gasteiger partial charge in [-0.05, 0) is 73.5 Å². The highest BCUT2D eigenvalue weighted by atomic mass is 16.6. The molecule has 0 aliphatic carbocycles. The molecule has 168 valence electrons. The third-order valence-electron chi connectivity index (χ3n) is 5.71. The second-order valence-electron chi connectivity index (χ2n) is 8.25. The first-order valence-electron chi connectivity index (χ1n) is 10.9. The summed E-state index contributed by atoms with van der Waals surface area (Å²) in [5.74, 6) is 1.53. The summed E-state index contributed by atoms with van der Waals surface area (Å²) in [5, 5.41) is 5.84. The Morgan fingerprint density at radius 1 is 0.818 bits per heavy atom. The zero-order chi connectivity index (χ0) is 22.9. The van der Waals surface area contributed by atoms with Crippen LogP contribution in [0.3, 0.4) is 0 Å². The van der Waals surface area contributed by atoms with Crippen molar-refractivity contribution in [1.82, 2.24) is 0 Å². The monoisotopic (exact) mass is 444 g/mol. The fourth-order valence-electron chi connectivity index (χ4n) is 3.98. The lowest BCUT2D eigenvalue weighted by molar-refractivity contribution is 0.101. The molecule has 3 aromatic rings. The van der Waals surface area contributed by atoms with Crippen LogP contribution in [0.25, 0.3) is 0 Å². The molecule has 7 heteroatoms. The van der Waals surface area contributed by atoms with Gasteiger partial charge in [0, 0.05) is 28.9 Å².